The number of ether oxygens (including phenoxy) is 1. The normalized spacial score (nSPS) is 12.2. The molecule has 0 bridgehead atoms. The molecule has 1 atom stereocenters. The Kier molecular flexibility index (Phi) is 26.9. The highest BCUT2D eigenvalue weighted by Gasteiger charge is 2.12. The zero-order valence-corrected chi connectivity index (χ0v) is 23.5. The summed E-state index contributed by atoms with van der Waals surface area (Å²) in [6.45, 7) is 7.92. The van der Waals surface area contributed by atoms with E-state index in [9.17, 15) is 14.7 Å². The molecule has 0 aliphatic carbocycles. The maximum absolute atomic E-state index is 12.3. The highest BCUT2D eigenvalue weighted by molar-refractivity contribution is 5.69. The number of esters is 1. The number of hydrogen-bond donors (Lipinski definition) is 1. The van der Waals surface area contributed by atoms with E-state index in [0.29, 0.717) is 31.9 Å². The zero-order chi connectivity index (χ0) is 25.8. The maximum atomic E-state index is 12.3. The minimum Gasteiger partial charge on any atom is -0.465 e. The minimum atomic E-state index is -0.0334. The summed E-state index contributed by atoms with van der Waals surface area (Å²) in [5, 5.41) is 9.29. The number of carbonyl (C=O) groups excluding carboxylic acids is 2. The van der Waals surface area contributed by atoms with Gasteiger partial charge in [0.15, 0.2) is 0 Å². The van der Waals surface area contributed by atoms with E-state index in [4.69, 9.17) is 4.74 Å². The molecule has 0 saturated carbocycles. The monoisotopic (exact) mass is 497 g/mol. The molecule has 1 unspecified atom stereocenters. The highest BCUT2D eigenvalue weighted by atomic mass is 16.5. The minimum absolute atomic E-state index is 0.0334. The van der Waals surface area contributed by atoms with Crippen LogP contribution in [0.25, 0.3) is 0 Å². The summed E-state index contributed by atoms with van der Waals surface area (Å²) in [4.78, 5) is 25.0. The maximum Gasteiger partial charge on any atom is 0.305 e. The molecule has 0 heterocycles. The van der Waals surface area contributed by atoms with Crippen LogP contribution in [0.4, 0.5) is 0 Å². The summed E-state index contributed by atoms with van der Waals surface area (Å²) >= 11 is 0. The second-order valence-corrected chi connectivity index (χ2v) is 10.3. The average Bonchev–Trinajstić information content (AvgIpc) is 2.86. The molecule has 0 aliphatic rings. The predicted molar refractivity (Wildman–Crippen MR) is 148 cm³/mol. The van der Waals surface area contributed by atoms with Crippen LogP contribution in [-0.4, -0.2) is 55.1 Å². The van der Waals surface area contributed by atoms with E-state index in [-0.39, 0.29) is 12.6 Å². The first-order valence-corrected chi connectivity index (χ1v) is 15.1. The molecule has 0 aromatic rings. The van der Waals surface area contributed by atoms with E-state index in [1.807, 2.05) is 0 Å². The molecule has 35 heavy (non-hydrogen) atoms. The molecule has 0 saturated heterocycles. The smallest absolute Gasteiger partial charge is 0.305 e. The molecule has 0 aromatic carbocycles. The first-order valence-electron chi connectivity index (χ1n) is 15.1. The molecular formula is C30H59NO4. The van der Waals surface area contributed by atoms with Crippen molar-refractivity contribution in [2.75, 3.05) is 32.8 Å². The van der Waals surface area contributed by atoms with Crippen LogP contribution in [0.3, 0.4) is 0 Å². The molecule has 0 fully saturated rings. The van der Waals surface area contributed by atoms with Gasteiger partial charge in [0.1, 0.15) is 6.29 Å². The van der Waals surface area contributed by atoms with Crippen LogP contribution in [0.5, 0.6) is 0 Å². The van der Waals surface area contributed by atoms with Gasteiger partial charge in [0.2, 0.25) is 0 Å². The van der Waals surface area contributed by atoms with Gasteiger partial charge in [0, 0.05) is 19.4 Å². The highest BCUT2D eigenvalue weighted by Crippen LogP contribution is 2.20. The quantitative estimate of drug-likeness (QED) is 0.0689. The number of hydrogen-bond acceptors (Lipinski definition) is 5. The third kappa shape index (κ3) is 24.5. The van der Waals surface area contributed by atoms with Crippen molar-refractivity contribution in [1.82, 2.24) is 4.90 Å². The van der Waals surface area contributed by atoms with Crippen LogP contribution in [-0.2, 0) is 14.3 Å². The number of aliphatic hydroxyl groups excluding tert-OH is 1. The number of nitrogens with zero attached hydrogens (tertiary/aromatic N) is 1. The topological polar surface area (TPSA) is 66.8 Å². The molecule has 0 aliphatic heterocycles. The van der Waals surface area contributed by atoms with Crippen LogP contribution < -0.4 is 0 Å². The Morgan fingerprint density at radius 3 is 1.89 bits per heavy atom. The van der Waals surface area contributed by atoms with Crippen molar-refractivity contribution < 1.29 is 19.4 Å². The van der Waals surface area contributed by atoms with Gasteiger partial charge in [-0.15, -0.1) is 0 Å². The molecule has 5 heteroatoms. The fourth-order valence-corrected chi connectivity index (χ4v) is 4.67. The Morgan fingerprint density at radius 1 is 0.743 bits per heavy atom. The molecule has 0 spiro atoms. The van der Waals surface area contributed by atoms with Gasteiger partial charge in [0.05, 0.1) is 13.2 Å². The second kappa shape index (κ2) is 27.6. The Bertz CT molecular complexity index is 458. The molecule has 5 nitrogen and oxygen atoms in total. The van der Waals surface area contributed by atoms with Gasteiger partial charge in [-0.3, -0.25) is 4.79 Å². The van der Waals surface area contributed by atoms with Gasteiger partial charge >= 0.3 is 5.97 Å². The average molecular weight is 498 g/mol. The number of carbonyl (C=O) groups is 2. The van der Waals surface area contributed by atoms with E-state index >= 15 is 0 Å². The van der Waals surface area contributed by atoms with Crippen molar-refractivity contribution in [2.45, 2.75) is 142 Å². The molecule has 0 aromatic heterocycles. The van der Waals surface area contributed by atoms with Crippen molar-refractivity contribution in [2.24, 2.45) is 5.92 Å². The first-order chi connectivity index (χ1) is 17.2. The lowest BCUT2D eigenvalue weighted by molar-refractivity contribution is -0.145. The summed E-state index contributed by atoms with van der Waals surface area (Å²) in [6, 6.07) is 0. The molecule has 0 rings (SSSR count). The summed E-state index contributed by atoms with van der Waals surface area (Å²) in [6.07, 6.45) is 23.6. The van der Waals surface area contributed by atoms with Gasteiger partial charge in [-0.1, -0.05) is 90.9 Å². The predicted octanol–water partition coefficient (Wildman–Crippen LogP) is 7.48. The molecular weight excluding hydrogens is 438 g/mol. The summed E-state index contributed by atoms with van der Waals surface area (Å²) in [5.74, 6) is 0.495. The van der Waals surface area contributed by atoms with Crippen molar-refractivity contribution in [3.8, 4) is 0 Å². The van der Waals surface area contributed by atoms with Crippen molar-refractivity contribution >= 4 is 12.3 Å². The van der Waals surface area contributed by atoms with Crippen LogP contribution in [0, 0.1) is 5.92 Å². The first kappa shape index (κ1) is 34.1. The third-order valence-corrected chi connectivity index (χ3v) is 6.98. The number of unbranched alkanes of at least 4 members (excludes halogenated alkanes) is 13. The summed E-state index contributed by atoms with van der Waals surface area (Å²) < 4.78 is 5.70. The van der Waals surface area contributed by atoms with Crippen molar-refractivity contribution in [1.29, 1.82) is 0 Å². The zero-order valence-electron chi connectivity index (χ0n) is 23.5. The number of rotatable bonds is 28. The van der Waals surface area contributed by atoms with Crippen LogP contribution in [0.2, 0.25) is 0 Å². The number of aliphatic hydroxyl groups is 1. The standard InChI is InChI=1S/C30H59NO4/c1-3-5-7-9-10-15-21-29(20-14-8-6-4-2)28-35-30(34)22-16-13-18-24-31(25-27-33)23-17-11-12-19-26-32/h26,29,33H,3-25,27-28H2,1-2H3. The largest absolute Gasteiger partial charge is 0.465 e. The Balaban J connectivity index is 4.04. The van der Waals surface area contributed by atoms with E-state index in [1.165, 1.54) is 77.0 Å². The second-order valence-electron chi connectivity index (χ2n) is 10.3. The lowest BCUT2D eigenvalue weighted by Gasteiger charge is -2.21. The molecule has 0 radical (unpaired) electrons. The van der Waals surface area contributed by atoms with Crippen LogP contribution >= 0.6 is 0 Å². The fourth-order valence-electron chi connectivity index (χ4n) is 4.67. The van der Waals surface area contributed by atoms with Gasteiger partial charge in [-0.25, -0.2) is 0 Å². The van der Waals surface area contributed by atoms with E-state index in [0.717, 1.165) is 57.9 Å². The van der Waals surface area contributed by atoms with Crippen LogP contribution in [0.15, 0.2) is 0 Å². The summed E-state index contributed by atoms with van der Waals surface area (Å²) in [7, 11) is 0. The van der Waals surface area contributed by atoms with Gasteiger partial charge in [-0.05, 0) is 57.5 Å². The van der Waals surface area contributed by atoms with Gasteiger partial charge in [-0.2, -0.15) is 0 Å². The van der Waals surface area contributed by atoms with Crippen molar-refractivity contribution in [3.05, 3.63) is 0 Å². The summed E-state index contributed by atoms with van der Waals surface area (Å²) in [5.41, 5.74) is 0. The van der Waals surface area contributed by atoms with Crippen LogP contribution in [0.1, 0.15) is 142 Å². The van der Waals surface area contributed by atoms with Gasteiger partial charge in [0.25, 0.3) is 0 Å². The van der Waals surface area contributed by atoms with E-state index in [1.54, 1.807) is 0 Å². The molecule has 0 amide bonds. The Morgan fingerprint density at radius 2 is 1.29 bits per heavy atom. The fraction of sp³-hybridized carbons (Fsp3) is 0.933. The Hall–Kier alpha value is -0.940. The lowest BCUT2D eigenvalue weighted by Crippen LogP contribution is -2.29. The number of aldehydes is 1. The Labute approximate surface area is 217 Å². The molecule has 208 valence electrons. The lowest BCUT2D eigenvalue weighted by atomic mass is 9.95. The SMILES string of the molecule is CCCCCCCCC(CCCCCC)COC(=O)CCCCCN(CCO)CCCCCC=O. The van der Waals surface area contributed by atoms with E-state index in [2.05, 4.69) is 18.7 Å². The van der Waals surface area contributed by atoms with E-state index < -0.39 is 0 Å². The third-order valence-electron chi connectivity index (χ3n) is 6.98. The molecule has 1 N–H and O–H groups in total. The van der Waals surface area contributed by atoms with Gasteiger partial charge < -0.3 is 19.5 Å². The van der Waals surface area contributed by atoms with Crippen molar-refractivity contribution in [3.63, 3.8) is 0 Å².